The van der Waals surface area contributed by atoms with Crippen LogP contribution in [0.5, 0.6) is 11.5 Å². The Labute approximate surface area is 205 Å². The minimum absolute atomic E-state index is 0.136. The number of aromatic amines is 1. The van der Waals surface area contributed by atoms with E-state index in [2.05, 4.69) is 15.1 Å². The number of ether oxygens (including phenoxy) is 2. The van der Waals surface area contributed by atoms with Crippen LogP contribution in [0, 0.1) is 11.7 Å². The van der Waals surface area contributed by atoms with Crippen molar-refractivity contribution in [3.8, 4) is 22.9 Å². The quantitative estimate of drug-likeness (QED) is 0.495. The highest BCUT2D eigenvalue weighted by Gasteiger charge is 2.22. The second-order valence-corrected chi connectivity index (χ2v) is 8.84. The molecule has 180 valence electrons. The van der Waals surface area contributed by atoms with Crippen LogP contribution in [0.25, 0.3) is 11.4 Å². The lowest BCUT2D eigenvalue weighted by molar-refractivity contribution is -0.133. The van der Waals surface area contributed by atoms with Crippen molar-refractivity contribution < 1.29 is 14.3 Å². The molecule has 0 aliphatic carbocycles. The molecule has 4 rings (SSSR count). The van der Waals surface area contributed by atoms with Crippen molar-refractivity contribution in [2.75, 3.05) is 40.4 Å². The first-order valence-corrected chi connectivity index (χ1v) is 11.8. The van der Waals surface area contributed by atoms with E-state index in [0.29, 0.717) is 30.8 Å². The summed E-state index contributed by atoms with van der Waals surface area (Å²) < 4.78 is 13.3. The van der Waals surface area contributed by atoms with Gasteiger partial charge in [0.1, 0.15) is 11.5 Å². The monoisotopic (exact) mass is 481 g/mol. The third-order valence-corrected chi connectivity index (χ3v) is 6.54. The first-order valence-electron chi connectivity index (χ1n) is 11.4. The average molecular weight is 482 g/mol. The zero-order chi connectivity index (χ0) is 24.1. The summed E-state index contributed by atoms with van der Waals surface area (Å²) in [6.45, 7) is 6.33. The van der Waals surface area contributed by atoms with Crippen molar-refractivity contribution in [2.24, 2.45) is 0 Å². The number of carbonyl (C=O) groups excluding carboxylic acids is 1. The summed E-state index contributed by atoms with van der Waals surface area (Å²) >= 11 is 5.42. The fraction of sp³-hybridized carbons (Fsp3) is 0.400. The molecular formula is C25H31N5O3S. The van der Waals surface area contributed by atoms with Crippen molar-refractivity contribution in [1.82, 2.24) is 24.6 Å². The highest BCUT2D eigenvalue weighted by Crippen LogP contribution is 2.26. The predicted octanol–water partition coefficient (Wildman–Crippen LogP) is 3.67. The van der Waals surface area contributed by atoms with Crippen LogP contribution in [-0.2, 0) is 17.9 Å². The number of benzene rings is 2. The molecule has 1 fully saturated rings. The number of aromatic nitrogens is 3. The second kappa shape index (κ2) is 10.8. The summed E-state index contributed by atoms with van der Waals surface area (Å²) in [6, 6.07) is 14.0. The Hall–Kier alpha value is -3.17. The minimum Gasteiger partial charge on any atom is -0.497 e. The molecule has 0 radical (unpaired) electrons. The molecule has 1 saturated heterocycles. The summed E-state index contributed by atoms with van der Waals surface area (Å²) in [5.74, 6) is 2.56. The van der Waals surface area contributed by atoms with Crippen LogP contribution in [0.2, 0.25) is 0 Å². The van der Waals surface area contributed by atoms with Crippen LogP contribution in [0.4, 0.5) is 0 Å². The molecule has 9 heteroatoms. The average Bonchev–Trinajstić information content (AvgIpc) is 3.23. The molecule has 1 N–H and O–H groups in total. The van der Waals surface area contributed by atoms with E-state index >= 15 is 0 Å². The van der Waals surface area contributed by atoms with E-state index in [0.717, 1.165) is 48.1 Å². The molecule has 2 aromatic carbocycles. The number of amides is 1. The van der Waals surface area contributed by atoms with E-state index in [1.165, 1.54) is 5.56 Å². The molecule has 1 aliphatic heterocycles. The van der Waals surface area contributed by atoms with Crippen molar-refractivity contribution in [3.63, 3.8) is 0 Å². The first kappa shape index (κ1) is 24.0. The Kier molecular flexibility index (Phi) is 7.64. The van der Waals surface area contributed by atoms with Crippen LogP contribution in [-0.4, -0.2) is 70.9 Å². The molecule has 0 bridgehead atoms. The van der Waals surface area contributed by atoms with Crippen molar-refractivity contribution in [1.29, 1.82) is 0 Å². The fourth-order valence-electron chi connectivity index (χ4n) is 4.22. The largest absolute Gasteiger partial charge is 0.497 e. The van der Waals surface area contributed by atoms with Gasteiger partial charge in [-0.3, -0.25) is 19.4 Å². The Bertz CT molecular complexity index is 1180. The molecule has 1 aromatic heterocycles. The molecular weight excluding hydrogens is 450 g/mol. The van der Waals surface area contributed by atoms with Gasteiger partial charge in [0.05, 0.1) is 14.2 Å². The first-order chi connectivity index (χ1) is 16.5. The Balaban J connectivity index is 1.33. The van der Waals surface area contributed by atoms with E-state index in [1.807, 2.05) is 58.9 Å². The number of aryl methyl sites for hydroxylation is 1. The van der Waals surface area contributed by atoms with E-state index < -0.39 is 0 Å². The summed E-state index contributed by atoms with van der Waals surface area (Å²) in [7, 11) is 3.34. The van der Waals surface area contributed by atoms with Gasteiger partial charge in [0.15, 0.2) is 10.6 Å². The maximum Gasteiger partial charge on any atom is 0.224 e. The molecule has 0 atom stereocenters. The standard InChI is InChI=1S/C25H31N5O3S/c1-18-4-6-19(7-5-18)24-26-27-25(34)30(24)11-10-23(31)29-14-12-28(13-15-29)17-20-16-21(32-2)8-9-22(20)33-3/h4-9,16H,10-15,17H2,1-3H3,(H,27,34). The molecule has 0 saturated carbocycles. The molecule has 0 spiro atoms. The molecule has 2 heterocycles. The van der Waals surface area contributed by atoms with E-state index in [4.69, 9.17) is 21.7 Å². The number of nitrogens with zero attached hydrogens (tertiary/aromatic N) is 4. The number of carbonyl (C=O) groups is 1. The highest BCUT2D eigenvalue weighted by atomic mass is 32.1. The number of hydrogen-bond donors (Lipinski definition) is 1. The topological polar surface area (TPSA) is 75.6 Å². The predicted molar refractivity (Wildman–Crippen MR) is 134 cm³/mol. The smallest absolute Gasteiger partial charge is 0.224 e. The molecule has 0 unspecified atom stereocenters. The third kappa shape index (κ3) is 5.48. The number of methoxy groups -OCH3 is 2. The zero-order valence-corrected chi connectivity index (χ0v) is 20.7. The summed E-state index contributed by atoms with van der Waals surface area (Å²) in [4.78, 5) is 17.2. The van der Waals surface area contributed by atoms with Crippen molar-refractivity contribution >= 4 is 18.1 Å². The zero-order valence-electron chi connectivity index (χ0n) is 19.9. The number of rotatable bonds is 8. The van der Waals surface area contributed by atoms with Crippen LogP contribution in [0.3, 0.4) is 0 Å². The third-order valence-electron chi connectivity index (χ3n) is 6.22. The molecule has 1 aliphatic rings. The lowest BCUT2D eigenvalue weighted by Crippen LogP contribution is -2.48. The van der Waals surface area contributed by atoms with E-state index in [1.54, 1.807) is 14.2 Å². The second-order valence-electron chi connectivity index (χ2n) is 8.45. The Morgan fingerprint density at radius 2 is 1.79 bits per heavy atom. The lowest BCUT2D eigenvalue weighted by Gasteiger charge is -2.35. The van der Waals surface area contributed by atoms with Gasteiger partial charge in [0.25, 0.3) is 0 Å². The highest BCUT2D eigenvalue weighted by molar-refractivity contribution is 7.71. The molecule has 3 aromatic rings. The van der Waals surface area contributed by atoms with Gasteiger partial charge < -0.3 is 14.4 Å². The lowest BCUT2D eigenvalue weighted by atomic mass is 10.1. The number of hydrogen-bond acceptors (Lipinski definition) is 6. The Morgan fingerprint density at radius 3 is 2.47 bits per heavy atom. The van der Waals surface area contributed by atoms with Gasteiger partial charge in [-0.15, -0.1) is 0 Å². The molecule has 1 amide bonds. The van der Waals surface area contributed by atoms with Crippen LogP contribution in [0.15, 0.2) is 42.5 Å². The molecule has 34 heavy (non-hydrogen) atoms. The normalized spacial score (nSPS) is 14.3. The summed E-state index contributed by atoms with van der Waals surface area (Å²) in [5.41, 5.74) is 3.25. The maximum atomic E-state index is 12.9. The van der Waals surface area contributed by atoms with Gasteiger partial charge in [-0.05, 0) is 37.3 Å². The SMILES string of the molecule is COc1ccc(OC)c(CN2CCN(C(=O)CCn3c(-c4ccc(C)cc4)n[nH]c3=S)CC2)c1. The van der Waals surface area contributed by atoms with E-state index in [-0.39, 0.29) is 5.91 Å². The Morgan fingerprint density at radius 1 is 1.06 bits per heavy atom. The summed E-state index contributed by atoms with van der Waals surface area (Å²) in [5, 5.41) is 7.24. The van der Waals surface area contributed by atoms with Gasteiger partial charge in [-0.1, -0.05) is 29.8 Å². The number of H-pyrrole nitrogens is 1. The van der Waals surface area contributed by atoms with Crippen LogP contribution < -0.4 is 9.47 Å². The van der Waals surface area contributed by atoms with E-state index in [9.17, 15) is 4.79 Å². The molecule has 8 nitrogen and oxygen atoms in total. The number of nitrogens with one attached hydrogen (secondary N) is 1. The van der Waals surface area contributed by atoms with Gasteiger partial charge in [-0.25, -0.2) is 0 Å². The summed E-state index contributed by atoms with van der Waals surface area (Å²) in [6.07, 6.45) is 0.385. The van der Waals surface area contributed by atoms with Gasteiger partial charge in [-0.2, -0.15) is 5.10 Å². The fourth-order valence-corrected chi connectivity index (χ4v) is 4.44. The van der Waals surface area contributed by atoms with Gasteiger partial charge >= 0.3 is 0 Å². The van der Waals surface area contributed by atoms with Crippen LogP contribution in [0.1, 0.15) is 17.5 Å². The van der Waals surface area contributed by atoms with Crippen molar-refractivity contribution in [3.05, 3.63) is 58.4 Å². The number of piperazine rings is 1. The maximum absolute atomic E-state index is 12.9. The van der Waals surface area contributed by atoms with Gasteiger partial charge in [0.2, 0.25) is 5.91 Å². The van der Waals surface area contributed by atoms with Gasteiger partial charge in [0, 0.05) is 56.8 Å². The minimum atomic E-state index is 0.136. The van der Waals surface area contributed by atoms with Crippen molar-refractivity contribution in [2.45, 2.75) is 26.4 Å². The van der Waals surface area contributed by atoms with Crippen LogP contribution >= 0.6 is 12.2 Å².